The minimum atomic E-state index is -0.478. The van der Waals surface area contributed by atoms with E-state index in [1.165, 1.54) is 6.07 Å². The molecule has 0 amide bonds. The number of benzene rings is 1. The molecule has 0 saturated heterocycles. The van der Waals surface area contributed by atoms with Crippen molar-refractivity contribution >= 4 is 5.69 Å². The molecule has 1 aromatic carbocycles. The van der Waals surface area contributed by atoms with E-state index in [9.17, 15) is 15.2 Å². The van der Waals surface area contributed by atoms with Crippen LogP contribution in [0.3, 0.4) is 0 Å². The summed E-state index contributed by atoms with van der Waals surface area (Å²) in [6, 6.07) is 2.77. The van der Waals surface area contributed by atoms with Crippen LogP contribution in [0, 0.1) is 10.1 Å². The van der Waals surface area contributed by atoms with E-state index in [2.05, 4.69) is 4.90 Å². The Balaban J connectivity index is 2.48. The molecule has 1 aliphatic rings. The summed E-state index contributed by atoms with van der Waals surface area (Å²) in [5, 5.41) is 20.3. The van der Waals surface area contributed by atoms with Crippen molar-refractivity contribution in [1.29, 1.82) is 0 Å². The first-order chi connectivity index (χ1) is 7.08. The number of likely N-dealkylation sites (N-methyl/N-ethyl adjacent to an activating group) is 1. The Bertz CT molecular complexity index is 417. The van der Waals surface area contributed by atoms with Crippen molar-refractivity contribution in [3.63, 3.8) is 0 Å². The third kappa shape index (κ3) is 1.78. The number of phenols is 1. The average Bonchev–Trinajstić information content (AvgIpc) is 2.16. The Morgan fingerprint density at radius 3 is 2.93 bits per heavy atom. The number of hydrogen-bond donors (Lipinski definition) is 1. The highest BCUT2D eigenvalue weighted by Crippen LogP contribution is 2.31. The number of non-ortho nitro benzene ring substituents is 1. The van der Waals surface area contributed by atoms with Crippen LogP contribution in [0.4, 0.5) is 5.69 Å². The summed E-state index contributed by atoms with van der Waals surface area (Å²) in [5.41, 5.74) is 1.66. The molecule has 5 heteroatoms. The maximum absolute atomic E-state index is 10.6. The summed E-state index contributed by atoms with van der Waals surface area (Å²) in [6.45, 7) is 1.53. The number of phenolic OH excluding ortho intramolecular Hbond substituents is 1. The number of fused-ring (bicyclic) bond motifs is 1. The van der Waals surface area contributed by atoms with Crippen molar-refractivity contribution < 1.29 is 10.0 Å². The van der Waals surface area contributed by atoms with Crippen molar-refractivity contribution in [3.05, 3.63) is 33.4 Å². The minimum absolute atomic E-state index is 0.0402. The summed E-state index contributed by atoms with van der Waals surface area (Å²) in [5.74, 6) is 0.0484. The van der Waals surface area contributed by atoms with E-state index in [1.54, 1.807) is 6.07 Å². The van der Waals surface area contributed by atoms with Gasteiger partial charge >= 0.3 is 0 Å². The molecule has 0 spiro atoms. The van der Waals surface area contributed by atoms with E-state index in [0.29, 0.717) is 6.54 Å². The third-order valence-corrected chi connectivity index (χ3v) is 2.70. The molecule has 0 atom stereocenters. The predicted molar refractivity (Wildman–Crippen MR) is 54.8 cm³/mol. The van der Waals surface area contributed by atoms with Crippen molar-refractivity contribution in [2.45, 2.75) is 13.0 Å². The van der Waals surface area contributed by atoms with Gasteiger partial charge in [0, 0.05) is 24.7 Å². The van der Waals surface area contributed by atoms with E-state index in [4.69, 9.17) is 0 Å². The van der Waals surface area contributed by atoms with Gasteiger partial charge in [-0.3, -0.25) is 10.1 Å². The Morgan fingerprint density at radius 2 is 2.27 bits per heavy atom. The normalized spacial score (nSPS) is 16.1. The third-order valence-electron chi connectivity index (χ3n) is 2.70. The average molecular weight is 208 g/mol. The molecule has 1 aromatic rings. The van der Waals surface area contributed by atoms with Gasteiger partial charge in [-0.1, -0.05) is 0 Å². The smallest absolute Gasteiger partial charge is 0.273 e. The fourth-order valence-corrected chi connectivity index (χ4v) is 1.91. The molecule has 1 N–H and O–H groups in total. The fourth-order valence-electron chi connectivity index (χ4n) is 1.91. The number of nitrogens with zero attached hydrogens (tertiary/aromatic N) is 2. The van der Waals surface area contributed by atoms with Gasteiger partial charge in [0.15, 0.2) is 0 Å². The van der Waals surface area contributed by atoms with Crippen LogP contribution in [0.5, 0.6) is 5.75 Å². The zero-order valence-corrected chi connectivity index (χ0v) is 8.43. The number of nitro groups is 1. The Hall–Kier alpha value is -1.62. The monoisotopic (exact) mass is 208 g/mol. The molecule has 0 saturated carbocycles. The number of hydrogen-bond acceptors (Lipinski definition) is 4. The van der Waals surface area contributed by atoms with Crippen LogP contribution >= 0.6 is 0 Å². The summed E-state index contributed by atoms with van der Waals surface area (Å²) < 4.78 is 0. The SMILES string of the molecule is CN1CCc2c(O)cc([N+](=O)[O-])cc2C1. The van der Waals surface area contributed by atoms with Gasteiger partial charge in [-0.2, -0.15) is 0 Å². The molecule has 5 nitrogen and oxygen atoms in total. The van der Waals surface area contributed by atoms with Gasteiger partial charge in [0.25, 0.3) is 5.69 Å². The van der Waals surface area contributed by atoms with Gasteiger partial charge in [0.05, 0.1) is 11.0 Å². The topological polar surface area (TPSA) is 66.6 Å². The first-order valence-electron chi connectivity index (χ1n) is 4.75. The van der Waals surface area contributed by atoms with Crippen molar-refractivity contribution in [3.8, 4) is 5.75 Å². The molecule has 2 rings (SSSR count). The molecular formula is C10H12N2O3. The molecule has 0 fully saturated rings. The number of aromatic hydroxyl groups is 1. The number of rotatable bonds is 1. The predicted octanol–water partition coefficient (Wildman–Crippen LogP) is 1.29. The molecule has 80 valence electrons. The van der Waals surface area contributed by atoms with Crippen LogP contribution < -0.4 is 0 Å². The standard InChI is InChI=1S/C10H12N2O3/c1-11-3-2-9-7(6-11)4-8(12(14)15)5-10(9)13/h4-5,13H,2-3,6H2,1H3. The van der Waals surface area contributed by atoms with Crippen LogP contribution in [0.15, 0.2) is 12.1 Å². The summed E-state index contributed by atoms with van der Waals surface area (Å²) in [4.78, 5) is 12.2. The second-order valence-corrected chi connectivity index (χ2v) is 3.85. The van der Waals surface area contributed by atoms with Crippen molar-refractivity contribution in [2.75, 3.05) is 13.6 Å². The highest BCUT2D eigenvalue weighted by atomic mass is 16.6. The largest absolute Gasteiger partial charge is 0.507 e. The van der Waals surface area contributed by atoms with E-state index >= 15 is 0 Å². The highest BCUT2D eigenvalue weighted by molar-refractivity contribution is 5.49. The van der Waals surface area contributed by atoms with E-state index < -0.39 is 4.92 Å². The quantitative estimate of drug-likeness (QED) is 0.557. The molecule has 1 aliphatic heterocycles. The van der Waals surface area contributed by atoms with E-state index in [0.717, 1.165) is 24.1 Å². The lowest BCUT2D eigenvalue weighted by Gasteiger charge is -2.25. The number of nitro benzene ring substituents is 1. The van der Waals surface area contributed by atoms with Gasteiger partial charge in [0.2, 0.25) is 0 Å². The zero-order chi connectivity index (χ0) is 11.0. The van der Waals surface area contributed by atoms with Crippen LogP contribution in [0.1, 0.15) is 11.1 Å². The maximum Gasteiger partial charge on any atom is 0.273 e. The first kappa shape index (κ1) is 9.92. The van der Waals surface area contributed by atoms with Crippen LogP contribution in [-0.2, 0) is 13.0 Å². The minimum Gasteiger partial charge on any atom is -0.507 e. The lowest BCUT2D eigenvalue weighted by Crippen LogP contribution is -2.26. The van der Waals surface area contributed by atoms with Gasteiger partial charge in [-0.25, -0.2) is 0 Å². The maximum atomic E-state index is 10.6. The Kier molecular flexibility index (Phi) is 2.32. The van der Waals surface area contributed by atoms with Crippen LogP contribution in [0.2, 0.25) is 0 Å². The Labute approximate surface area is 87.1 Å². The van der Waals surface area contributed by atoms with Gasteiger partial charge < -0.3 is 10.0 Å². The molecule has 0 aliphatic carbocycles. The lowest BCUT2D eigenvalue weighted by molar-refractivity contribution is -0.385. The molecule has 0 radical (unpaired) electrons. The van der Waals surface area contributed by atoms with Crippen molar-refractivity contribution in [2.24, 2.45) is 0 Å². The van der Waals surface area contributed by atoms with Crippen LogP contribution in [-0.4, -0.2) is 28.5 Å². The first-order valence-corrected chi connectivity index (χ1v) is 4.75. The highest BCUT2D eigenvalue weighted by Gasteiger charge is 2.20. The molecule has 0 bridgehead atoms. The zero-order valence-electron chi connectivity index (χ0n) is 8.43. The van der Waals surface area contributed by atoms with Crippen LogP contribution in [0.25, 0.3) is 0 Å². The van der Waals surface area contributed by atoms with Gasteiger partial charge in [-0.15, -0.1) is 0 Å². The van der Waals surface area contributed by atoms with Gasteiger partial charge in [0.1, 0.15) is 5.75 Å². The second kappa shape index (κ2) is 3.51. The molecule has 15 heavy (non-hydrogen) atoms. The van der Waals surface area contributed by atoms with E-state index in [-0.39, 0.29) is 11.4 Å². The molecular weight excluding hydrogens is 196 g/mol. The summed E-state index contributed by atoms with van der Waals surface area (Å²) >= 11 is 0. The lowest BCUT2D eigenvalue weighted by atomic mass is 9.98. The molecule has 0 aromatic heterocycles. The molecule has 1 heterocycles. The summed E-state index contributed by atoms with van der Waals surface area (Å²) in [6.07, 6.45) is 0.746. The molecule has 0 unspecified atom stereocenters. The Morgan fingerprint density at radius 1 is 1.53 bits per heavy atom. The van der Waals surface area contributed by atoms with Gasteiger partial charge in [-0.05, 0) is 19.0 Å². The fraction of sp³-hybridized carbons (Fsp3) is 0.400. The summed E-state index contributed by atoms with van der Waals surface area (Å²) in [7, 11) is 1.96. The van der Waals surface area contributed by atoms with Crippen molar-refractivity contribution in [1.82, 2.24) is 4.90 Å². The van der Waals surface area contributed by atoms with E-state index in [1.807, 2.05) is 7.05 Å². The second-order valence-electron chi connectivity index (χ2n) is 3.85.